The fourth-order valence-corrected chi connectivity index (χ4v) is 3.89. The number of aliphatic hydroxyl groups is 1. The number of hydrogen-bond donors (Lipinski definition) is 4. The molecule has 3 amide bonds. The summed E-state index contributed by atoms with van der Waals surface area (Å²) in [6.45, 7) is 3.59. The summed E-state index contributed by atoms with van der Waals surface area (Å²) in [7, 11) is 0. The molecule has 3 rings (SSSR count). The molecule has 1 aromatic rings. The number of rotatable bonds is 8. The maximum atomic E-state index is 12.3. The Hall–Kier alpha value is -1.91. The average Bonchev–Trinajstić information content (AvgIpc) is 2.77. The first-order chi connectivity index (χ1) is 15.0. The van der Waals surface area contributed by atoms with Crippen molar-refractivity contribution in [2.45, 2.75) is 37.5 Å². The van der Waals surface area contributed by atoms with Crippen LogP contribution in [0.15, 0.2) is 24.3 Å². The van der Waals surface area contributed by atoms with E-state index >= 15 is 0 Å². The first-order valence-corrected chi connectivity index (χ1v) is 11.1. The predicted octanol–water partition coefficient (Wildman–Crippen LogP) is 1.21. The van der Waals surface area contributed by atoms with Crippen LogP contribution in [0.3, 0.4) is 0 Å². The van der Waals surface area contributed by atoms with Crippen LogP contribution in [0.2, 0.25) is 5.02 Å². The molecule has 0 spiro atoms. The van der Waals surface area contributed by atoms with Crippen molar-refractivity contribution in [1.82, 2.24) is 15.5 Å². The van der Waals surface area contributed by atoms with Gasteiger partial charge in [0.2, 0.25) is 5.91 Å². The number of carbonyl (C=O) groups excluding carboxylic acids is 2. The number of morpholine rings is 1. The fourth-order valence-electron chi connectivity index (χ4n) is 3.77. The van der Waals surface area contributed by atoms with Gasteiger partial charge in [-0.1, -0.05) is 11.6 Å². The second-order valence-electron chi connectivity index (χ2n) is 7.80. The molecule has 0 saturated carbocycles. The maximum absolute atomic E-state index is 12.3. The zero-order chi connectivity index (χ0) is 22.1. The van der Waals surface area contributed by atoms with Crippen LogP contribution in [0.5, 0.6) is 0 Å². The topological polar surface area (TPSA) is 112 Å². The third-order valence-corrected chi connectivity index (χ3v) is 5.73. The lowest BCUT2D eigenvalue weighted by molar-refractivity contribution is -0.123. The van der Waals surface area contributed by atoms with Gasteiger partial charge in [0.05, 0.1) is 38.5 Å². The fraction of sp³-hybridized carbons (Fsp3) is 0.619. The van der Waals surface area contributed by atoms with Crippen LogP contribution in [0.25, 0.3) is 0 Å². The van der Waals surface area contributed by atoms with Gasteiger partial charge in [-0.3, -0.25) is 9.69 Å². The normalized spacial score (nSPS) is 24.4. The Labute approximate surface area is 187 Å². The molecule has 2 heterocycles. The van der Waals surface area contributed by atoms with Crippen LogP contribution in [-0.4, -0.2) is 86.2 Å². The van der Waals surface area contributed by atoms with Gasteiger partial charge < -0.3 is 30.5 Å². The van der Waals surface area contributed by atoms with Crippen LogP contribution in [0.4, 0.5) is 10.5 Å². The first kappa shape index (κ1) is 23.7. The lowest BCUT2D eigenvalue weighted by Crippen LogP contribution is -2.52. The van der Waals surface area contributed by atoms with Crippen LogP contribution in [0, 0.1) is 0 Å². The van der Waals surface area contributed by atoms with Gasteiger partial charge in [-0.25, -0.2) is 4.79 Å². The van der Waals surface area contributed by atoms with Crippen molar-refractivity contribution in [2.24, 2.45) is 0 Å². The molecule has 1 aromatic carbocycles. The summed E-state index contributed by atoms with van der Waals surface area (Å²) in [6.07, 6.45) is 1.53. The molecule has 0 radical (unpaired) electrons. The van der Waals surface area contributed by atoms with Gasteiger partial charge in [0.1, 0.15) is 6.10 Å². The van der Waals surface area contributed by atoms with Crippen molar-refractivity contribution in [3.05, 3.63) is 29.3 Å². The van der Waals surface area contributed by atoms with Gasteiger partial charge in [-0.15, -0.1) is 0 Å². The Morgan fingerprint density at radius 3 is 2.61 bits per heavy atom. The quantitative estimate of drug-likeness (QED) is 0.469. The molecule has 2 saturated heterocycles. The smallest absolute Gasteiger partial charge is 0.319 e. The van der Waals surface area contributed by atoms with Crippen LogP contribution >= 0.6 is 11.6 Å². The molecule has 0 aromatic heterocycles. The Balaban J connectivity index is 1.36. The average molecular weight is 455 g/mol. The maximum Gasteiger partial charge on any atom is 0.319 e. The number of hydrogen-bond acceptors (Lipinski definition) is 6. The van der Waals surface area contributed by atoms with Crippen molar-refractivity contribution in [3.8, 4) is 0 Å². The Kier molecular flexibility index (Phi) is 9.35. The lowest BCUT2D eigenvalue weighted by Gasteiger charge is -2.36. The number of carbonyl (C=O) groups is 2. The van der Waals surface area contributed by atoms with Crippen LogP contribution in [-0.2, 0) is 14.3 Å². The molecule has 2 fully saturated rings. The van der Waals surface area contributed by atoms with Crippen LogP contribution < -0.4 is 16.0 Å². The Morgan fingerprint density at radius 2 is 1.90 bits per heavy atom. The van der Waals surface area contributed by atoms with Gasteiger partial charge in [0.25, 0.3) is 0 Å². The molecular weight excluding hydrogens is 424 g/mol. The minimum absolute atomic E-state index is 0.00479. The largest absolute Gasteiger partial charge is 0.394 e. The SMILES string of the molecule is O=C(CN1CCOCC1)NCC[C@@H]1CC[C@@H](NC(=O)Nc2ccc(Cl)cc2)[C@H](CO)O1. The molecule has 10 heteroatoms. The van der Waals surface area contributed by atoms with Gasteiger partial charge in [0, 0.05) is 30.3 Å². The number of urea groups is 1. The second kappa shape index (κ2) is 12.2. The highest BCUT2D eigenvalue weighted by Gasteiger charge is 2.31. The monoisotopic (exact) mass is 454 g/mol. The molecule has 2 aliphatic heterocycles. The second-order valence-corrected chi connectivity index (χ2v) is 8.23. The minimum atomic E-state index is -0.487. The predicted molar refractivity (Wildman–Crippen MR) is 117 cm³/mol. The molecule has 0 bridgehead atoms. The molecule has 2 aliphatic rings. The molecule has 0 aliphatic carbocycles. The van der Waals surface area contributed by atoms with Crippen molar-refractivity contribution in [3.63, 3.8) is 0 Å². The number of nitrogens with one attached hydrogen (secondary N) is 3. The van der Waals surface area contributed by atoms with E-state index in [9.17, 15) is 14.7 Å². The molecule has 9 nitrogen and oxygen atoms in total. The highest BCUT2D eigenvalue weighted by Crippen LogP contribution is 2.22. The number of amides is 3. The number of anilines is 1. The summed E-state index contributed by atoms with van der Waals surface area (Å²) in [5, 5.41) is 18.9. The minimum Gasteiger partial charge on any atom is -0.394 e. The van der Waals surface area contributed by atoms with E-state index in [0.717, 1.165) is 19.5 Å². The first-order valence-electron chi connectivity index (χ1n) is 10.7. The summed E-state index contributed by atoms with van der Waals surface area (Å²) >= 11 is 5.85. The molecule has 4 N–H and O–H groups in total. The van der Waals surface area contributed by atoms with Gasteiger partial charge in [0.15, 0.2) is 0 Å². The van der Waals surface area contributed by atoms with E-state index in [0.29, 0.717) is 49.9 Å². The standard InChI is InChI=1S/C21H31ClN4O5/c22-15-1-3-16(4-2-15)24-21(29)25-18-6-5-17(31-19(18)14-27)7-8-23-20(28)13-26-9-11-30-12-10-26/h1-4,17-19,27H,5-14H2,(H,23,28)(H2,24,25,29)/t17-,18+,19-/m0/s1. The van der Waals surface area contributed by atoms with E-state index in [1.54, 1.807) is 24.3 Å². The van der Waals surface area contributed by atoms with Crippen molar-refractivity contribution in [2.75, 3.05) is 51.3 Å². The Bertz CT molecular complexity index is 714. The summed E-state index contributed by atoms with van der Waals surface area (Å²) in [4.78, 5) is 26.4. The summed E-state index contributed by atoms with van der Waals surface area (Å²) in [5.74, 6) is -0.00479. The third kappa shape index (κ3) is 7.93. The van der Waals surface area contributed by atoms with E-state index < -0.39 is 6.10 Å². The molecular formula is C21H31ClN4O5. The van der Waals surface area contributed by atoms with E-state index in [1.807, 2.05) is 0 Å². The Morgan fingerprint density at radius 1 is 1.16 bits per heavy atom. The summed E-state index contributed by atoms with van der Waals surface area (Å²) < 4.78 is 11.2. The highest BCUT2D eigenvalue weighted by atomic mass is 35.5. The van der Waals surface area contributed by atoms with Crippen molar-refractivity contribution >= 4 is 29.2 Å². The molecule has 31 heavy (non-hydrogen) atoms. The van der Waals surface area contributed by atoms with Crippen LogP contribution in [0.1, 0.15) is 19.3 Å². The molecule has 3 atom stereocenters. The van der Waals surface area contributed by atoms with Gasteiger partial charge >= 0.3 is 6.03 Å². The highest BCUT2D eigenvalue weighted by molar-refractivity contribution is 6.30. The van der Waals surface area contributed by atoms with E-state index in [2.05, 4.69) is 20.9 Å². The van der Waals surface area contributed by atoms with Crippen molar-refractivity contribution in [1.29, 1.82) is 0 Å². The number of benzene rings is 1. The number of nitrogens with zero attached hydrogens (tertiary/aromatic N) is 1. The summed E-state index contributed by atoms with van der Waals surface area (Å²) in [6, 6.07) is 6.18. The van der Waals surface area contributed by atoms with E-state index in [-0.39, 0.29) is 30.7 Å². The number of halogens is 1. The van der Waals surface area contributed by atoms with E-state index in [4.69, 9.17) is 21.1 Å². The molecule has 0 unspecified atom stereocenters. The lowest BCUT2D eigenvalue weighted by atomic mass is 9.97. The summed E-state index contributed by atoms with van der Waals surface area (Å²) in [5.41, 5.74) is 0.630. The molecule has 172 valence electrons. The number of ether oxygens (including phenoxy) is 2. The zero-order valence-electron chi connectivity index (χ0n) is 17.5. The zero-order valence-corrected chi connectivity index (χ0v) is 18.3. The van der Waals surface area contributed by atoms with Gasteiger partial charge in [-0.2, -0.15) is 0 Å². The third-order valence-electron chi connectivity index (χ3n) is 5.47. The van der Waals surface area contributed by atoms with E-state index in [1.165, 1.54) is 0 Å². The van der Waals surface area contributed by atoms with Crippen molar-refractivity contribution < 1.29 is 24.2 Å². The number of aliphatic hydroxyl groups excluding tert-OH is 1. The van der Waals surface area contributed by atoms with Gasteiger partial charge in [-0.05, 0) is 43.5 Å².